The van der Waals surface area contributed by atoms with Gasteiger partial charge in [-0.3, -0.25) is 4.79 Å². The van der Waals surface area contributed by atoms with Crippen LogP contribution >= 0.6 is 27.3 Å². The molecule has 0 unspecified atom stereocenters. The number of aromatic nitrogens is 1. The Balaban J connectivity index is 1.54. The molecule has 0 saturated heterocycles. The standard InChI is InChI=1S/C22H23BrN2OS/c1-22(2,3)17-9-4-15(5-10-17)6-13-20(26)25-21-24-19(14-27-21)16-7-11-18(23)12-8-16/h4-5,7-12,14H,6,13H2,1-3H3,(H,24,25,26). The summed E-state index contributed by atoms with van der Waals surface area (Å²) >= 11 is 4.88. The molecule has 3 aromatic rings. The molecule has 140 valence electrons. The Morgan fingerprint density at radius 3 is 2.37 bits per heavy atom. The van der Waals surface area contributed by atoms with E-state index in [2.05, 4.69) is 71.3 Å². The maximum Gasteiger partial charge on any atom is 0.226 e. The molecule has 1 aromatic heterocycles. The zero-order valence-electron chi connectivity index (χ0n) is 15.8. The second-order valence-corrected chi connectivity index (χ2v) is 9.31. The lowest BCUT2D eigenvalue weighted by atomic mass is 9.86. The molecule has 3 rings (SSSR count). The fourth-order valence-electron chi connectivity index (χ4n) is 2.70. The third kappa shape index (κ3) is 5.50. The molecule has 1 N–H and O–H groups in total. The van der Waals surface area contributed by atoms with Gasteiger partial charge in [0.1, 0.15) is 0 Å². The predicted octanol–water partition coefficient (Wildman–Crippen LogP) is 6.44. The van der Waals surface area contributed by atoms with Gasteiger partial charge in [-0.2, -0.15) is 0 Å². The molecule has 2 aromatic carbocycles. The summed E-state index contributed by atoms with van der Waals surface area (Å²) in [5.74, 6) is -0.00777. The van der Waals surface area contributed by atoms with E-state index in [4.69, 9.17) is 0 Å². The molecule has 1 amide bonds. The smallest absolute Gasteiger partial charge is 0.226 e. The first-order chi connectivity index (χ1) is 12.8. The van der Waals surface area contributed by atoms with E-state index in [0.717, 1.165) is 22.2 Å². The summed E-state index contributed by atoms with van der Waals surface area (Å²) in [7, 11) is 0. The molecule has 1 heterocycles. The Morgan fingerprint density at radius 1 is 1.07 bits per heavy atom. The van der Waals surface area contributed by atoms with Crippen LogP contribution < -0.4 is 5.32 Å². The van der Waals surface area contributed by atoms with Gasteiger partial charge >= 0.3 is 0 Å². The lowest BCUT2D eigenvalue weighted by Gasteiger charge is -2.19. The van der Waals surface area contributed by atoms with E-state index >= 15 is 0 Å². The van der Waals surface area contributed by atoms with E-state index in [9.17, 15) is 4.79 Å². The number of carbonyl (C=O) groups excluding carboxylic acids is 1. The monoisotopic (exact) mass is 442 g/mol. The average molecular weight is 443 g/mol. The Bertz CT molecular complexity index is 909. The molecule has 0 aliphatic carbocycles. The Hall–Kier alpha value is -1.98. The fourth-order valence-corrected chi connectivity index (χ4v) is 3.70. The normalized spacial score (nSPS) is 11.4. The van der Waals surface area contributed by atoms with E-state index in [0.29, 0.717) is 11.6 Å². The van der Waals surface area contributed by atoms with Crippen molar-refractivity contribution < 1.29 is 4.79 Å². The first kappa shape index (κ1) is 19.8. The van der Waals surface area contributed by atoms with Crippen LogP contribution in [0.15, 0.2) is 58.4 Å². The number of thiazole rings is 1. The van der Waals surface area contributed by atoms with E-state index in [1.165, 1.54) is 22.5 Å². The number of rotatable bonds is 5. The number of halogens is 1. The zero-order chi connectivity index (χ0) is 19.4. The number of hydrogen-bond donors (Lipinski definition) is 1. The molecule has 0 saturated carbocycles. The van der Waals surface area contributed by atoms with Crippen LogP contribution in [0.3, 0.4) is 0 Å². The van der Waals surface area contributed by atoms with Crippen molar-refractivity contribution in [2.75, 3.05) is 5.32 Å². The number of carbonyl (C=O) groups is 1. The summed E-state index contributed by atoms with van der Waals surface area (Å²) in [5.41, 5.74) is 4.54. The summed E-state index contributed by atoms with van der Waals surface area (Å²) < 4.78 is 1.03. The van der Waals surface area contributed by atoms with Crippen LogP contribution in [0, 0.1) is 0 Å². The van der Waals surface area contributed by atoms with Crippen LogP contribution in [0.5, 0.6) is 0 Å². The van der Waals surface area contributed by atoms with Gasteiger partial charge in [0, 0.05) is 21.8 Å². The minimum absolute atomic E-state index is 0.00777. The van der Waals surface area contributed by atoms with Crippen LogP contribution in [0.1, 0.15) is 38.3 Å². The molecule has 0 fully saturated rings. The van der Waals surface area contributed by atoms with E-state index in [1.54, 1.807) is 0 Å². The van der Waals surface area contributed by atoms with Crippen molar-refractivity contribution in [2.45, 2.75) is 39.0 Å². The molecule has 27 heavy (non-hydrogen) atoms. The quantitative estimate of drug-likeness (QED) is 0.493. The van der Waals surface area contributed by atoms with Gasteiger partial charge in [0.05, 0.1) is 5.69 Å². The predicted molar refractivity (Wildman–Crippen MR) is 117 cm³/mol. The highest BCUT2D eigenvalue weighted by Crippen LogP contribution is 2.26. The third-order valence-electron chi connectivity index (χ3n) is 4.35. The molecule has 0 spiro atoms. The van der Waals surface area contributed by atoms with Gasteiger partial charge < -0.3 is 5.32 Å². The molecule has 0 bridgehead atoms. The van der Waals surface area contributed by atoms with Crippen LogP contribution in [0.25, 0.3) is 11.3 Å². The molecule has 0 aliphatic rings. The minimum atomic E-state index is -0.00777. The largest absolute Gasteiger partial charge is 0.302 e. The number of aryl methyl sites for hydroxylation is 1. The van der Waals surface area contributed by atoms with Gasteiger partial charge in [0.15, 0.2) is 5.13 Å². The highest BCUT2D eigenvalue weighted by atomic mass is 79.9. The van der Waals surface area contributed by atoms with Crippen molar-refractivity contribution in [3.63, 3.8) is 0 Å². The summed E-state index contributed by atoms with van der Waals surface area (Å²) in [4.78, 5) is 16.8. The van der Waals surface area contributed by atoms with E-state index < -0.39 is 0 Å². The summed E-state index contributed by atoms with van der Waals surface area (Å²) in [6, 6.07) is 16.5. The fraction of sp³-hybridized carbons (Fsp3) is 0.273. The number of nitrogens with zero attached hydrogens (tertiary/aromatic N) is 1. The second-order valence-electron chi connectivity index (χ2n) is 7.54. The van der Waals surface area contributed by atoms with Gasteiger partial charge in [-0.25, -0.2) is 4.98 Å². The molecular formula is C22H23BrN2OS. The molecule has 0 radical (unpaired) electrons. The maximum absolute atomic E-state index is 12.3. The first-order valence-electron chi connectivity index (χ1n) is 8.92. The van der Waals surface area contributed by atoms with Crippen molar-refractivity contribution in [1.82, 2.24) is 4.98 Å². The van der Waals surface area contributed by atoms with Crippen molar-refractivity contribution in [3.05, 3.63) is 69.5 Å². The Kier molecular flexibility index (Phi) is 6.12. The highest BCUT2D eigenvalue weighted by molar-refractivity contribution is 9.10. The Labute approximate surface area is 173 Å². The van der Waals surface area contributed by atoms with Crippen molar-refractivity contribution in [1.29, 1.82) is 0 Å². The van der Waals surface area contributed by atoms with E-state index in [-0.39, 0.29) is 11.3 Å². The number of benzene rings is 2. The topological polar surface area (TPSA) is 42.0 Å². The number of amides is 1. The van der Waals surface area contributed by atoms with Crippen LogP contribution in [0.4, 0.5) is 5.13 Å². The second kappa shape index (κ2) is 8.36. The summed E-state index contributed by atoms with van der Waals surface area (Å²) in [6.45, 7) is 6.60. The van der Waals surface area contributed by atoms with Gasteiger partial charge in [-0.05, 0) is 35.1 Å². The molecule has 0 atom stereocenters. The van der Waals surface area contributed by atoms with E-state index in [1.807, 2.05) is 29.6 Å². The van der Waals surface area contributed by atoms with Crippen molar-refractivity contribution >= 4 is 38.3 Å². The van der Waals surface area contributed by atoms with Gasteiger partial charge in [0.2, 0.25) is 5.91 Å². The lowest BCUT2D eigenvalue weighted by Crippen LogP contribution is -2.13. The van der Waals surface area contributed by atoms with Gasteiger partial charge in [-0.15, -0.1) is 11.3 Å². The van der Waals surface area contributed by atoms with Crippen molar-refractivity contribution in [2.24, 2.45) is 0 Å². The van der Waals surface area contributed by atoms with Gasteiger partial charge in [-0.1, -0.05) is 73.1 Å². The maximum atomic E-state index is 12.3. The van der Waals surface area contributed by atoms with Crippen LogP contribution in [-0.2, 0) is 16.6 Å². The molecule has 0 aliphatic heterocycles. The zero-order valence-corrected chi connectivity index (χ0v) is 18.2. The first-order valence-corrected chi connectivity index (χ1v) is 10.6. The molecular weight excluding hydrogens is 420 g/mol. The lowest BCUT2D eigenvalue weighted by molar-refractivity contribution is -0.116. The summed E-state index contributed by atoms with van der Waals surface area (Å²) in [6.07, 6.45) is 1.17. The number of hydrogen-bond acceptors (Lipinski definition) is 3. The molecule has 5 heteroatoms. The minimum Gasteiger partial charge on any atom is -0.302 e. The molecule has 3 nitrogen and oxygen atoms in total. The van der Waals surface area contributed by atoms with Crippen molar-refractivity contribution in [3.8, 4) is 11.3 Å². The van der Waals surface area contributed by atoms with Crippen LogP contribution in [-0.4, -0.2) is 10.9 Å². The SMILES string of the molecule is CC(C)(C)c1ccc(CCC(=O)Nc2nc(-c3ccc(Br)cc3)cs2)cc1. The number of nitrogens with one attached hydrogen (secondary N) is 1. The van der Waals surface area contributed by atoms with Gasteiger partial charge in [0.25, 0.3) is 0 Å². The van der Waals surface area contributed by atoms with Crippen LogP contribution in [0.2, 0.25) is 0 Å². The third-order valence-corrected chi connectivity index (χ3v) is 5.64. The summed E-state index contributed by atoms with van der Waals surface area (Å²) in [5, 5.41) is 5.51. The highest BCUT2D eigenvalue weighted by Gasteiger charge is 2.13. The number of anilines is 1. The average Bonchev–Trinajstić information content (AvgIpc) is 3.08. The Morgan fingerprint density at radius 2 is 1.74 bits per heavy atom.